The Morgan fingerprint density at radius 1 is 1.20 bits per heavy atom. The second-order valence-corrected chi connectivity index (χ2v) is 6.69. The molecular formula is C17H20N2S. The number of thioether (sulfide) groups is 1. The van der Waals surface area contributed by atoms with Crippen molar-refractivity contribution in [1.82, 2.24) is 0 Å². The van der Waals surface area contributed by atoms with Crippen LogP contribution in [0, 0.1) is 5.92 Å². The third kappa shape index (κ3) is 2.98. The van der Waals surface area contributed by atoms with E-state index in [1.165, 1.54) is 17.2 Å². The van der Waals surface area contributed by atoms with Gasteiger partial charge in [-0.15, -0.1) is 0 Å². The van der Waals surface area contributed by atoms with Crippen LogP contribution in [0.15, 0.2) is 47.5 Å². The normalized spacial score (nSPS) is 18.6. The minimum atomic E-state index is 0.470. The maximum absolute atomic E-state index is 4.80. The first kappa shape index (κ1) is 13.5. The van der Waals surface area contributed by atoms with Gasteiger partial charge in [0.25, 0.3) is 0 Å². The molecule has 0 aromatic heterocycles. The number of amidine groups is 1. The van der Waals surface area contributed by atoms with Crippen LogP contribution >= 0.6 is 11.8 Å². The number of nitrogens with one attached hydrogen (secondary N) is 1. The molecule has 0 saturated carbocycles. The fourth-order valence-corrected chi connectivity index (χ4v) is 3.56. The molecule has 2 aromatic carbocycles. The molecule has 20 heavy (non-hydrogen) atoms. The number of aliphatic imine (C=N–C) groups is 1. The molecular weight excluding hydrogens is 264 g/mol. The molecule has 0 spiro atoms. The molecule has 0 radical (unpaired) electrons. The van der Waals surface area contributed by atoms with Gasteiger partial charge >= 0.3 is 0 Å². The van der Waals surface area contributed by atoms with Gasteiger partial charge in [0.2, 0.25) is 0 Å². The highest BCUT2D eigenvalue weighted by atomic mass is 32.2. The van der Waals surface area contributed by atoms with Crippen LogP contribution in [0.1, 0.15) is 20.3 Å². The lowest BCUT2D eigenvalue weighted by Crippen LogP contribution is -2.08. The zero-order chi connectivity index (χ0) is 13.9. The second-order valence-electron chi connectivity index (χ2n) is 5.68. The Labute approximate surface area is 124 Å². The number of benzene rings is 2. The summed E-state index contributed by atoms with van der Waals surface area (Å²) in [6.45, 7) is 4.52. The number of rotatable bonds is 3. The number of hydrogen-bond donors (Lipinski definition) is 1. The Morgan fingerprint density at radius 3 is 2.85 bits per heavy atom. The zero-order valence-electron chi connectivity index (χ0n) is 12.0. The summed E-state index contributed by atoms with van der Waals surface area (Å²) in [5.74, 6) is 1.81. The molecule has 1 heterocycles. The molecule has 0 bridgehead atoms. The molecule has 0 amide bonds. The third-order valence-corrected chi connectivity index (χ3v) is 4.52. The molecule has 1 aliphatic heterocycles. The predicted molar refractivity (Wildman–Crippen MR) is 90.7 cm³/mol. The number of nitrogens with zero attached hydrogens (tertiary/aromatic N) is 1. The molecule has 2 nitrogen and oxygen atoms in total. The van der Waals surface area contributed by atoms with Crippen molar-refractivity contribution in [2.75, 3.05) is 11.1 Å². The average Bonchev–Trinajstić information content (AvgIpc) is 2.86. The van der Waals surface area contributed by atoms with Crippen LogP contribution < -0.4 is 5.32 Å². The maximum Gasteiger partial charge on any atom is 0.161 e. The Balaban J connectivity index is 1.80. The van der Waals surface area contributed by atoms with Gasteiger partial charge in [0.1, 0.15) is 0 Å². The van der Waals surface area contributed by atoms with Crippen molar-refractivity contribution in [1.29, 1.82) is 0 Å². The van der Waals surface area contributed by atoms with Gasteiger partial charge in [0, 0.05) is 16.8 Å². The van der Waals surface area contributed by atoms with Crippen molar-refractivity contribution in [3.63, 3.8) is 0 Å². The Bertz CT molecular complexity index is 628. The molecule has 104 valence electrons. The van der Waals surface area contributed by atoms with E-state index < -0.39 is 0 Å². The first-order valence-corrected chi connectivity index (χ1v) is 8.16. The van der Waals surface area contributed by atoms with Crippen LogP contribution in [0.3, 0.4) is 0 Å². The fraction of sp³-hybridized carbons (Fsp3) is 0.353. The first-order chi connectivity index (χ1) is 9.72. The number of anilines is 1. The van der Waals surface area contributed by atoms with E-state index in [1.54, 1.807) is 0 Å². The Kier molecular flexibility index (Phi) is 3.97. The highest BCUT2D eigenvalue weighted by molar-refractivity contribution is 8.14. The van der Waals surface area contributed by atoms with Gasteiger partial charge in [-0.25, -0.2) is 0 Å². The fourth-order valence-electron chi connectivity index (χ4n) is 2.60. The monoisotopic (exact) mass is 284 g/mol. The SMILES string of the molecule is CC(C)CC1CSC(Nc2cccc3ccccc23)=N1. The molecule has 1 aliphatic rings. The molecule has 1 N–H and O–H groups in total. The molecule has 0 fully saturated rings. The molecule has 1 unspecified atom stereocenters. The zero-order valence-corrected chi connectivity index (χ0v) is 12.8. The first-order valence-electron chi connectivity index (χ1n) is 7.18. The lowest BCUT2D eigenvalue weighted by molar-refractivity contribution is 0.529. The lowest BCUT2D eigenvalue weighted by Gasteiger charge is -2.09. The molecule has 3 rings (SSSR count). The van der Waals surface area contributed by atoms with E-state index in [9.17, 15) is 0 Å². The number of fused-ring (bicyclic) bond motifs is 1. The van der Waals surface area contributed by atoms with Crippen molar-refractivity contribution in [2.24, 2.45) is 10.9 Å². The smallest absolute Gasteiger partial charge is 0.161 e. The summed E-state index contributed by atoms with van der Waals surface area (Å²) in [6, 6.07) is 15.3. The highest BCUT2D eigenvalue weighted by Crippen LogP contribution is 2.27. The highest BCUT2D eigenvalue weighted by Gasteiger charge is 2.19. The van der Waals surface area contributed by atoms with E-state index in [1.807, 2.05) is 11.8 Å². The summed E-state index contributed by atoms with van der Waals surface area (Å²) in [5.41, 5.74) is 1.15. The van der Waals surface area contributed by atoms with Crippen LogP contribution in [0.4, 0.5) is 5.69 Å². The molecule has 3 heteroatoms. The van der Waals surface area contributed by atoms with Crippen molar-refractivity contribution in [2.45, 2.75) is 26.3 Å². The summed E-state index contributed by atoms with van der Waals surface area (Å²) >= 11 is 1.83. The quantitative estimate of drug-likeness (QED) is 0.878. The summed E-state index contributed by atoms with van der Waals surface area (Å²) < 4.78 is 0. The van der Waals surface area contributed by atoms with E-state index >= 15 is 0 Å². The topological polar surface area (TPSA) is 24.4 Å². The average molecular weight is 284 g/mol. The van der Waals surface area contributed by atoms with E-state index in [0.29, 0.717) is 12.0 Å². The van der Waals surface area contributed by atoms with Gasteiger partial charge in [0.05, 0.1) is 6.04 Å². The van der Waals surface area contributed by atoms with Crippen LogP contribution in [0.25, 0.3) is 10.8 Å². The molecule has 0 saturated heterocycles. The lowest BCUT2D eigenvalue weighted by atomic mass is 10.1. The molecule has 0 aliphatic carbocycles. The van der Waals surface area contributed by atoms with Crippen molar-refractivity contribution in [3.05, 3.63) is 42.5 Å². The van der Waals surface area contributed by atoms with Gasteiger partial charge in [0.15, 0.2) is 5.17 Å². The Morgan fingerprint density at radius 2 is 2.00 bits per heavy atom. The van der Waals surface area contributed by atoms with E-state index in [0.717, 1.165) is 16.6 Å². The molecule has 2 aromatic rings. The van der Waals surface area contributed by atoms with Crippen LogP contribution in [0.5, 0.6) is 0 Å². The van der Waals surface area contributed by atoms with Crippen molar-refractivity contribution in [3.8, 4) is 0 Å². The van der Waals surface area contributed by atoms with E-state index in [2.05, 4.69) is 61.6 Å². The summed E-state index contributed by atoms with van der Waals surface area (Å²) in [7, 11) is 0. The maximum atomic E-state index is 4.80. The Hall–Kier alpha value is -1.48. The van der Waals surface area contributed by atoms with Gasteiger partial charge < -0.3 is 5.32 Å². The minimum absolute atomic E-state index is 0.470. The van der Waals surface area contributed by atoms with Gasteiger partial charge in [-0.3, -0.25) is 4.99 Å². The van der Waals surface area contributed by atoms with Gasteiger partial charge in [-0.2, -0.15) is 0 Å². The largest absolute Gasteiger partial charge is 0.334 e. The number of hydrogen-bond acceptors (Lipinski definition) is 3. The summed E-state index contributed by atoms with van der Waals surface area (Å²) in [5, 5.41) is 7.08. The standard InChI is InChI=1S/C17H20N2S/c1-12(2)10-14-11-20-17(18-14)19-16-9-5-7-13-6-3-4-8-15(13)16/h3-9,12,14H,10-11H2,1-2H3,(H,18,19). The van der Waals surface area contributed by atoms with Gasteiger partial charge in [-0.1, -0.05) is 62.0 Å². The van der Waals surface area contributed by atoms with E-state index in [-0.39, 0.29) is 0 Å². The van der Waals surface area contributed by atoms with Crippen LogP contribution in [-0.2, 0) is 0 Å². The van der Waals surface area contributed by atoms with Crippen molar-refractivity contribution >= 4 is 33.4 Å². The second kappa shape index (κ2) is 5.88. The minimum Gasteiger partial charge on any atom is -0.334 e. The van der Waals surface area contributed by atoms with Gasteiger partial charge in [-0.05, 0) is 23.8 Å². The van der Waals surface area contributed by atoms with E-state index in [4.69, 9.17) is 4.99 Å². The van der Waals surface area contributed by atoms with Crippen LogP contribution in [-0.4, -0.2) is 17.0 Å². The molecule has 1 atom stereocenters. The summed E-state index contributed by atoms with van der Waals surface area (Å²) in [4.78, 5) is 4.80. The van der Waals surface area contributed by atoms with Crippen LogP contribution in [0.2, 0.25) is 0 Å². The van der Waals surface area contributed by atoms with Crippen molar-refractivity contribution < 1.29 is 0 Å². The predicted octanol–water partition coefficient (Wildman–Crippen LogP) is 4.77. The third-order valence-electron chi connectivity index (χ3n) is 3.49. The summed E-state index contributed by atoms with van der Waals surface area (Å²) in [6.07, 6.45) is 1.17.